The number of ether oxygens (including phenoxy) is 6. The molecule has 2 aromatic carbocycles. The maximum Gasteiger partial charge on any atom is 0.330 e. The minimum absolute atomic E-state index is 0.0883. The Morgan fingerprint density at radius 1 is 0.600 bits per heavy atom. The molecule has 0 radical (unpaired) electrons. The molecule has 0 aliphatic carbocycles. The van der Waals surface area contributed by atoms with Crippen LogP contribution in [0.1, 0.15) is 50.7 Å². The summed E-state index contributed by atoms with van der Waals surface area (Å²) in [5, 5.41) is 0. The fraction of sp³-hybridized carbons (Fsp3) is 0.333. The predicted octanol–water partition coefficient (Wildman–Crippen LogP) is 5.17. The predicted molar refractivity (Wildman–Crippen MR) is 149 cm³/mol. The molecule has 0 aromatic heterocycles. The van der Waals surface area contributed by atoms with Crippen molar-refractivity contribution in [2.24, 2.45) is 0 Å². The lowest BCUT2D eigenvalue weighted by molar-refractivity contribution is -0.136. The Morgan fingerprint density at radius 3 is 1.30 bits per heavy atom. The van der Waals surface area contributed by atoms with Gasteiger partial charge in [-0.25, -0.2) is 9.59 Å². The minimum atomic E-state index is -0.495. The summed E-state index contributed by atoms with van der Waals surface area (Å²) in [7, 11) is 5.44. The van der Waals surface area contributed by atoms with Gasteiger partial charge in [-0.3, -0.25) is 9.59 Å². The van der Waals surface area contributed by atoms with E-state index in [9.17, 15) is 19.2 Å². The Bertz CT molecular complexity index is 1100. The number of esters is 4. The van der Waals surface area contributed by atoms with Crippen LogP contribution < -0.4 is 18.9 Å². The van der Waals surface area contributed by atoms with E-state index in [0.717, 1.165) is 0 Å². The van der Waals surface area contributed by atoms with Crippen LogP contribution in [-0.4, -0.2) is 52.3 Å². The molecule has 0 heterocycles. The molecule has 0 N–H and O–H groups in total. The Kier molecular flexibility index (Phi) is 15.6. The van der Waals surface area contributed by atoms with Gasteiger partial charge in [0.2, 0.25) is 0 Å². The SMILES string of the molecule is CC.COC(=O)/C=C/c1ccc(OC(=O)CCCCC(=O)Oc2ccc(/C=C/C(=O)OC)cc2OC)c(OC)c1. The minimum Gasteiger partial charge on any atom is -0.493 e. The Morgan fingerprint density at radius 2 is 0.975 bits per heavy atom. The van der Waals surface area contributed by atoms with Crippen molar-refractivity contribution < 1.29 is 47.6 Å². The van der Waals surface area contributed by atoms with E-state index in [1.807, 2.05) is 13.8 Å². The van der Waals surface area contributed by atoms with Gasteiger partial charge in [0, 0.05) is 25.0 Å². The van der Waals surface area contributed by atoms with Gasteiger partial charge in [0.15, 0.2) is 23.0 Å². The maximum absolute atomic E-state index is 12.3. The molecule has 40 heavy (non-hydrogen) atoms. The second-order valence-electron chi connectivity index (χ2n) is 7.69. The summed E-state index contributed by atoms with van der Waals surface area (Å²) in [5.41, 5.74) is 1.32. The molecule has 10 heteroatoms. The number of carbonyl (C=O) groups is 4. The Balaban J connectivity index is 0.00000391. The molecule has 0 aliphatic heterocycles. The van der Waals surface area contributed by atoms with Crippen molar-refractivity contribution in [3.05, 3.63) is 59.7 Å². The molecule has 2 rings (SSSR count). The molecule has 0 unspecified atom stereocenters. The molecule has 0 amide bonds. The molecule has 10 nitrogen and oxygen atoms in total. The van der Waals surface area contributed by atoms with Crippen molar-refractivity contribution in [1.29, 1.82) is 0 Å². The summed E-state index contributed by atoms with van der Waals surface area (Å²) in [6, 6.07) is 9.69. The van der Waals surface area contributed by atoms with Crippen LogP contribution in [0.5, 0.6) is 23.0 Å². The van der Waals surface area contributed by atoms with E-state index in [1.54, 1.807) is 48.6 Å². The molecule has 0 spiro atoms. The van der Waals surface area contributed by atoms with E-state index < -0.39 is 23.9 Å². The first-order valence-electron chi connectivity index (χ1n) is 12.6. The number of hydrogen-bond acceptors (Lipinski definition) is 10. The number of unbranched alkanes of at least 4 members (excludes halogenated alkanes) is 1. The van der Waals surface area contributed by atoms with E-state index >= 15 is 0 Å². The summed E-state index contributed by atoms with van der Waals surface area (Å²) in [5.74, 6) is -0.813. The lowest BCUT2D eigenvalue weighted by Crippen LogP contribution is -2.11. The van der Waals surface area contributed by atoms with Gasteiger partial charge in [0.05, 0.1) is 28.4 Å². The van der Waals surface area contributed by atoms with Crippen LogP contribution in [0.4, 0.5) is 0 Å². The lowest BCUT2D eigenvalue weighted by Gasteiger charge is -2.11. The number of rotatable bonds is 13. The van der Waals surface area contributed by atoms with Crippen LogP contribution in [0.2, 0.25) is 0 Å². The number of hydrogen-bond donors (Lipinski definition) is 0. The second kappa shape index (κ2) is 18.6. The molecule has 2 aromatic rings. The van der Waals surface area contributed by atoms with E-state index in [4.69, 9.17) is 18.9 Å². The molecule has 0 atom stereocenters. The van der Waals surface area contributed by atoms with Crippen LogP contribution >= 0.6 is 0 Å². The van der Waals surface area contributed by atoms with Gasteiger partial charge in [-0.15, -0.1) is 0 Å². The van der Waals surface area contributed by atoms with Crippen LogP contribution in [0.3, 0.4) is 0 Å². The quantitative estimate of drug-likeness (QED) is 0.141. The topological polar surface area (TPSA) is 124 Å². The average Bonchev–Trinajstić information content (AvgIpc) is 2.98. The van der Waals surface area contributed by atoms with Crippen LogP contribution in [0.15, 0.2) is 48.6 Å². The summed E-state index contributed by atoms with van der Waals surface area (Å²) in [6.45, 7) is 4.00. The van der Waals surface area contributed by atoms with E-state index in [2.05, 4.69) is 9.47 Å². The Hall–Kier alpha value is -4.60. The highest BCUT2D eigenvalue weighted by atomic mass is 16.6. The van der Waals surface area contributed by atoms with Crippen molar-refractivity contribution in [2.45, 2.75) is 39.5 Å². The summed E-state index contributed by atoms with van der Waals surface area (Å²) in [6.07, 6.45) is 6.62. The third kappa shape index (κ3) is 11.8. The highest BCUT2D eigenvalue weighted by Crippen LogP contribution is 2.30. The standard InChI is InChI=1S/C28H30O10.C2H6/c1-33-23-17-19(11-15-25(29)35-3)9-13-21(23)37-27(31)7-5-6-8-28(32)38-22-14-10-20(18-24(22)34-2)12-16-26(30)36-4;1-2/h9-18H,5-8H2,1-4H3;1-2H3/b15-11+,16-12+;. The van der Waals surface area contributed by atoms with Crippen molar-refractivity contribution >= 4 is 36.0 Å². The van der Waals surface area contributed by atoms with E-state index in [0.29, 0.717) is 35.5 Å². The fourth-order valence-electron chi connectivity index (χ4n) is 3.09. The van der Waals surface area contributed by atoms with E-state index in [-0.39, 0.29) is 24.3 Å². The van der Waals surface area contributed by atoms with Crippen LogP contribution in [-0.2, 0) is 28.7 Å². The van der Waals surface area contributed by atoms with Crippen LogP contribution in [0, 0.1) is 0 Å². The number of carbonyl (C=O) groups excluding carboxylic acids is 4. The smallest absolute Gasteiger partial charge is 0.330 e. The first-order chi connectivity index (χ1) is 19.3. The normalized spacial score (nSPS) is 10.3. The van der Waals surface area contributed by atoms with Crippen LogP contribution in [0.25, 0.3) is 12.2 Å². The molecule has 0 aliphatic rings. The van der Waals surface area contributed by atoms with Crippen molar-refractivity contribution in [3.8, 4) is 23.0 Å². The first kappa shape index (κ1) is 33.4. The molecule has 0 saturated carbocycles. The largest absolute Gasteiger partial charge is 0.493 e. The molecular weight excluding hydrogens is 520 g/mol. The van der Waals surface area contributed by atoms with E-state index in [1.165, 1.54) is 40.6 Å². The average molecular weight is 557 g/mol. The Labute approximate surface area is 234 Å². The van der Waals surface area contributed by atoms with Gasteiger partial charge in [-0.1, -0.05) is 26.0 Å². The highest BCUT2D eigenvalue weighted by Gasteiger charge is 2.13. The lowest BCUT2D eigenvalue weighted by atomic mass is 10.1. The third-order valence-corrected chi connectivity index (χ3v) is 5.06. The maximum atomic E-state index is 12.3. The van der Waals surface area contributed by atoms with Gasteiger partial charge in [0.25, 0.3) is 0 Å². The van der Waals surface area contributed by atoms with Gasteiger partial charge < -0.3 is 28.4 Å². The van der Waals surface area contributed by atoms with Gasteiger partial charge in [-0.2, -0.15) is 0 Å². The highest BCUT2D eigenvalue weighted by molar-refractivity contribution is 5.87. The van der Waals surface area contributed by atoms with Crippen molar-refractivity contribution in [1.82, 2.24) is 0 Å². The number of benzene rings is 2. The van der Waals surface area contributed by atoms with Gasteiger partial charge in [0.1, 0.15) is 0 Å². The molecule has 0 saturated heterocycles. The van der Waals surface area contributed by atoms with Gasteiger partial charge >= 0.3 is 23.9 Å². The molecule has 0 bridgehead atoms. The summed E-state index contributed by atoms with van der Waals surface area (Å²) >= 11 is 0. The zero-order chi connectivity index (χ0) is 29.9. The van der Waals surface area contributed by atoms with Crippen molar-refractivity contribution in [3.63, 3.8) is 0 Å². The summed E-state index contributed by atoms with van der Waals surface area (Å²) in [4.78, 5) is 47.0. The monoisotopic (exact) mass is 556 g/mol. The zero-order valence-electron chi connectivity index (χ0n) is 23.7. The fourth-order valence-corrected chi connectivity index (χ4v) is 3.09. The molecule has 0 fully saturated rings. The first-order valence-corrected chi connectivity index (χ1v) is 12.6. The van der Waals surface area contributed by atoms with Crippen molar-refractivity contribution in [2.75, 3.05) is 28.4 Å². The zero-order valence-corrected chi connectivity index (χ0v) is 23.7. The second-order valence-corrected chi connectivity index (χ2v) is 7.69. The summed E-state index contributed by atoms with van der Waals surface area (Å²) < 4.78 is 30.4. The third-order valence-electron chi connectivity index (χ3n) is 5.06. The number of methoxy groups -OCH3 is 4. The van der Waals surface area contributed by atoms with Gasteiger partial charge in [-0.05, 0) is 60.4 Å². The molecular formula is C30H36O10. The molecule has 216 valence electrons.